The van der Waals surface area contributed by atoms with Gasteiger partial charge in [0.1, 0.15) is 11.5 Å². The first-order chi connectivity index (χ1) is 10.5. The molecule has 0 aromatic heterocycles. The Hall–Kier alpha value is -2.24. The smallest absolute Gasteiger partial charge is 0.303 e. The summed E-state index contributed by atoms with van der Waals surface area (Å²) < 4.78 is 5.07. The largest absolute Gasteiger partial charge is 0.508 e. The number of carboxylic acids is 1. The minimum absolute atomic E-state index is 0.0507. The Kier molecular flexibility index (Phi) is 7.81. The number of methoxy groups -OCH3 is 1. The van der Waals surface area contributed by atoms with Gasteiger partial charge in [-0.25, -0.2) is 0 Å². The highest BCUT2D eigenvalue weighted by atomic mass is 16.5. The first kappa shape index (κ1) is 17.8. The predicted molar refractivity (Wildman–Crippen MR) is 82.3 cm³/mol. The molecule has 0 heterocycles. The molecule has 0 atom stereocenters. The predicted octanol–water partition coefficient (Wildman–Crippen LogP) is 2.56. The van der Waals surface area contributed by atoms with Gasteiger partial charge in [0, 0.05) is 19.0 Å². The third-order valence-electron chi connectivity index (χ3n) is 3.28. The van der Waals surface area contributed by atoms with E-state index in [1.54, 1.807) is 0 Å². The van der Waals surface area contributed by atoms with Gasteiger partial charge in [0.05, 0.1) is 12.7 Å². The standard InChI is InChI=1S/C16H23NO5/c1-22-14-11-12(18)8-9-13(14)16(21)17-10-6-4-2-3-5-7-15(19)20/h8-9,11,18H,2-7,10H2,1H3,(H,17,21)(H,19,20). The molecule has 1 aromatic rings. The number of rotatable bonds is 10. The summed E-state index contributed by atoms with van der Waals surface area (Å²) in [6, 6.07) is 4.37. The van der Waals surface area contributed by atoms with Gasteiger partial charge in [-0.3, -0.25) is 9.59 Å². The van der Waals surface area contributed by atoms with Gasteiger partial charge < -0.3 is 20.3 Å². The fourth-order valence-corrected chi connectivity index (χ4v) is 2.10. The zero-order valence-corrected chi connectivity index (χ0v) is 12.8. The van der Waals surface area contributed by atoms with Crippen molar-refractivity contribution in [1.82, 2.24) is 5.32 Å². The average Bonchev–Trinajstić information content (AvgIpc) is 2.49. The van der Waals surface area contributed by atoms with E-state index in [0.717, 1.165) is 25.7 Å². The average molecular weight is 309 g/mol. The molecular formula is C16H23NO5. The second kappa shape index (κ2) is 9.65. The number of nitrogens with one attached hydrogen (secondary N) is 1. The van der Waals surface area contributed by atoms with Crippen molar-refractivity contribution in [2.45, 2.75) is 38.5 Å². The van der Waals surface area contributed by atoms with Crippen LogP contribution in [0.4, 0.5) is 0 Å². The van der Waals surface area contributed by atoms with Crippen LogP contribution in [0.1, 0.15) is 48.9 Å². The molecule has 0 spiro atoms. The number of aliphatic carboxylic acids is 1. The summed E-state index contributed by atoms with van der Waals surface area (Å²) in [5.41, 5.74) is 0.391. The van der Waals surface area contributed by atoms with Crippen LogP contribution >= 0.6 is 0 Å². The molecule has 1 amide bonds. The summed E-state index contributed by atoms with van der Waals surface area (Å²) in [4.78, 5) is 22.4. The van der Waals surface area contributed by atoms with Gasteiger partial charge in [0.25, 0.3) is 5.91 Å². The molecule has 0 saturated carbocycles. The summed E-state index contributed by atoms with van der Waals surface area (Å²) in [7, 11) is 1.45. The van der Waals surface area contributed by atoms with E-state index in [2.05, 4.69) is 5.32 Å². The third kappa shape index (κ3) is 6.47. The Balaban J connectivity index is 2.22. The van der Waals surface area contributed by atoms with Crippen LogP contribution in [-0.2, 0) is 4.79 Å². The van der Waals surface area contributed by atoms with E-state index >= 15 is 0 Å². The fraction of sp³-hybridized carbons (Fsp3) is 0.500. The molecule has 0 bridgehead atoms. The highest BCUT2D eigenvalue weighted by molar-refractivity contribution is 5.97. The number of hydrogen-bond acceptors (Lipinski definition) is 4. The molecule has 0 radical (unpaired) electrons. The summed E-state index contributed by atoms with van der Waals surface area (Å²) in [6.07, 6.45) is 4.58. The van der Waals surface area contributed by atoms with Gasteiger partial charge in [-0.15, -0.1) is 0 Å². The molecule has 0 unspecified atom stereocenters. The topological polar surface area (TPSA) is 95.9 Å². The number of amides is 1. The first-order valence-electron chi connectivity index (χ1n) is 7.41. The van der Waals surface area contributed by atoms with Gasteiger partial charge in [0.15, 0.2) is 0 Å². The van der Waals surface area contributed by atoms with E-state index in [4.69, 9.17) is 9.84 Å². The quantitative estimate of drug-likeness (QED) is 0.577. The maximum atomic E-state index is 12.0. The Morgan fingerprint density at radius 1 is 1.14 bits per heavy atom. The van der Waals surface area contributed by atoms with E-state index < -0.39 is 5.97 Å². The summed E-state index contributed by atoms with van der Waals surface area (Å²) >= 11 is 0. The number of ether oxygens (including phenoxy) is 1. The number of phenolic OH excluding ortho intramolecular Hbond substituents is 1. The van der Waals surface area contributed by atoms with Crippen LogP contribution in [0, 0.1) is 0 Å². The molecule has 0 aliphatic heterocycles. The number of carbonyl (C=O) groups excluding carboxylic acids is 1. The summed E-state index contributed by atoms with van der Waals surface area (Å²) in [5, 5.41) is 20.7. The normalized spacial score (nSPS) is 10.2. The molecule has 1 aromatic carbocycles. The monoisotopic (exact) mass is 309 g/mol. The number of benzene rings is 1. The lowest BCUT2D eigenvalue weighted by Gasteiger charge is -2.09. The molecular weight excluding hydrogens is 286 g/mol. The molecule has 22 heavy (non-hydrogen) atoms. The number of unbranched alkanes of at least 4 members (excludes halogenated alkanes) is 4. The van der Waals surface area contributed by atoms with Crippen molar-refractivity contribution < 1.29 is 24.5 Å². The van der Waals surface area contributed by atoms with Crippen LogP contribution in [0.25, 0.3) is 0 Å². The van der Waals surface area contributed by atoms with Gasteiger partial charge in [-0.05, 0) is 25.0 Å². The number of carbonyl (C=O) groups is 2. The minimum atomic E-state index is -0.755. The summed E-state index contributed by atoms with van der Waals surface area (Å²) in [6.45, 7) is 0.557. The van der Waals surface area contributed by atoms with Gasteiger partial charge >= 0.3 is 5.97 Å². The first-order valence-corrected chi connectivity index (χ1v) is 7.41. The Bertz CT molecular complexity index is 501. The zero-order chi connectivity index (χ0) is 16.4. The van der Waals surface area contributed by atoms with Crippen molar-refractivity contribution in [3.05, 3.63) is 23.8 Å². The molecule has 122 valence electrons. The van der Waals surface area contributed by atoms with E-state index in [0.29, 0.717) is 24.3 Å². The maximum absolute atomic E-state index is 12.0. The molecule has 0 aliphatic carbocycles. The second-order valence-electron chi connectivity index (χ2n) is 5.05. The van der Waals surface area contributed by atoms with Crippen LogP contribution in [0.15, 0.2) is 18.2 Å². The fourth-order valence-electron chi connectivity index (χ4n) is 2.10. The van der Waals surface area contributed by atoms with E-state index in [1.807, 2.05) is 0 Å². The van der Waals surface area contributed by atoms with Gasteiger partial charge in [-0.1, -0.05) is 19.3 Å². The molecule has 0 fully saturated rings. The van der Waals surface area contributed by atoms with Gasteiger partial charge in [-0.2, -0.15) is 0 Å². The molecule has 6 nitrogen and oxygen atoms in total. The van der Waals surface area contributed by atoms with Crippen LogP contribution in [0.3, 0.4) is 0 Å². The molecule has 0 saturated heterocycles. The van der Waals surface area contributed by atoms with Crippen molar-refractivity contribution in [3.8, 4) is 11.5 Å². The van der Waals surface area contributed by atoms with E-state index in [1.165, 1.54) is 25.3 Å². The highest BCUT2D eigenvalue weighted by Crippen LogP contribution is 2.23. The van der Waals surface area contributed by atoms with Crippen LogP contribution in [0.5, 0.6) is 11.5 Å². The van der Waals surface area contributed by atoms with E-state index in [-0.39, 0.29) is 18.1 Å². The Labute approximate surface area is 130 Å². The molecule has 3 N–H and O–H groups in total. The molecule has 0 aliphatic rings. The Morgan fingerprint density at radius 2 is 1.82 bits per heavy atom. The number of hydrogen-bond donors (Lipinski definition) is 3. The second-order valence-corrected chi connectivity index (χ2v) is 5.05. The van der Waals surface area contributed by atoms with Crippen molar-refractivity contribution in [2.24, 2.45) is 0 Å². The number of carboxylic acid groups (broad SMARTS) is 1. The number of aromatic hydroxyl groups is 1. The lowest BCUT2D eigenvalue weighted by atomic mass is 10.1. The van der Waals surface area contributed by atoms with Crippen LogP contribution < -0.4 is 10.1 Å². The molecule has 1 rings (SSSR count). The van der Waals surface area contributed by atoms with Crippen molar-refractivity contribution in [1.29, 1.82) is 0 Å². The number of phenols is 1. The van der Waals surface area contributed by atoms with Crippen LogP contribution in [0.2, 0.25) is 0 Å². The van der Waals surface area contributed by atoms with Crippen LogP contribution in [-0.4, -0.2) is 35.7 Å². The van der Waals surface area contributed by atoms with Crippen molar-refractivity contribution in [2.75, 3.05) is 13.7 Å². The lowest BCUT2D eigenvalue weighted by molar-refractivity contribution is -0.137. The van der Waals surface area contributed by atoms with Crippen molar-refractivity contribution >= 4 is 11.9 Å². The maximum Gasteiger partial charge on any atom is 0.303 e. The molecule has 6 heteroatoms. The van der Waals surface area contributed by atoms with Gasteiger partial charge in [0.2, 0.25) is 0 Å². The minimum Gasteiger partial charge on any atom is -0.508 e. The Morgan fingerprint density at radius 3 is 2.50 bits per heavy atom. The highest BCUT2D eigenvalue weighted by Gasteiger charge is 2.12. The zero-order valence-electron chi connectivity index (χ0n) is 12.8. The van der Waals surface area contributed by atoms with E-state index in [9.17, 15) is 14.7 Å². The van der Waals surface area contributed by atoms with Crippen molar-refractivity contribution in [3.63, 3.8) is 0 Å². The lowest BCUT2D eigenvalue weighted by Crippen LogP contribution is -2.24. The SMILES string of the molecule is COc1cc(O)ccc1C(=O)NCCCCCCCC(=O)O. The summed E-state index contributed by atoms with van der Waals surface area (Å²) in [5.74, 6) is -0.598. The third-order valence-corrected chi connectivity index (χ3v) is 3.28.